The van der Waals surface area contributed by atoms with Crippen molar-refractivity contribution in [1.82, 2.24) is 29.1 Å². The van der Waals surface area contributed by atoms with Gasteiger partial charge in [-0.2, -0.15) is 18.4 Å². The predicted octanol–water partition coefficient (Wildman–Crippen LogP) is 5.97. The van der Waals surface area contributed by atoms with E-state index >= 15 is 0 Å². The van der Waals surface area contributed by atoms with Crippen LogP contribution in [-0.4, -0.2) is 89.5 Å². The van der Waals surface area contributed by atoms with E-state index in [9.17, 15) is 26.9 Å². The Bertz CT molecular complexity index is 1990. The summed E-state index contributed by atoms with van der Waals surface area (Å²) in [4.78, 5) is 14.7. The lowest BCUT2D eigenvalue weighted by molar-refractivity contribution is -0.126. The number of alkyl halides is 3. The van der Waals surface area contributed by atoms with Crippen LogP contribution in [0.4, 0.5) is 19.0 Å². The Morgan fingerprint density at radius 1 is 1.08 bits per heavy atom. The Morgan fingerprint density at radius 3 is 2.44 bits per heavy atom. The van der Waals surface area contributed by atoms with Gasteiger partial charge in [0, 0.05) is 60.5 Å². The number of rotatable bonds is 11. The number of benzene rings is 1. The van der Waals surface area contributed by atoms with Gasteiger partial charge in [0.1, 0.15) is 28.2 Å². The molecule has 10 nitrogen and oxygen atoms in total. The van der Waals surface area contributed by atoms with Gasteiger partial charge < -0.3 is 9.88 Å². The van der Waals surface area contributed by atoms with Crippen molar-refractivity contribution in [3.63, 3.8) is 0 Å². The van der Waals surface area contributed by atoms with Gasteiger partial charge in [0.25, 0.3) is 0 Å². The maximum atomic E-state index is 13.1. The molecule has 1 aromatic carbocycles. The molecule has 0 spiro atoms. The molecule has 5 heterocycles. The van der Waals surface area contributed by atoms with Gasteiger partial charge in [-0.15, -0.1) is 11.3 Å². The van der Waals surface area contributed by atoms with Crippen molar-refractivity contribution in [1.29, 1.82) is 5.26 Å². The first-order chi connectivity index (χ1) is 23.8. The molecule has 270 valence electrons. The molecule has 3 aromatic heterocycles. The molecule has 0 unspecified atom stereocenters. The number of thiophene rings is 1. The van der Waals surface area contributed by atoms with Gasteiger partial charge in [-0.3, -0.25) is 9.80 Å². The van der Waals surface area contributed by atoms with Crippen molar-refractivity contribution in [2.75, 3.05) is 38.5 Å². The summed E-state index contributed by atoms with van der Waals surface area (Å²) in [5.74, 6) is 1.24. The van der Waals surface area contributed by atoms with Gasteiger partial charge in [0.05, 0.1) is 17.1 Å². The van der Waals surface area contributed by atoms with Crippen LogP contribution in [-0.2, 0) is 36.0 Å². The van der Waals surface area contributed by atoms with E-state index in [4.69, 9.17) is 0 Å². The fourth-order valence-corrected chi connectivity index (χ4v) is 9.64. The average molecular weight is 731 g/mol. The van der Waals surface area contributed by atoms with Crippen molar-refractivity contribution in [2.24, 2.45) is 0 Å². The van der Waals surface area contributed by atoms with Crippen LogP contribution in [0, 0.1) is 18.3 Å². The third-order valence-electron chi connectivity index (χ3n) is 10.4. The summed E-state index contributed by atoms with van der Waals surface area (Å²) in [7, 11) is -1.81. The van der Waals surface area contributed by atoms with Crippen LogP contribution in [0.2, 0.25) is 0 Å². The topological polar surface area (TPSA) is 119 Å². The Balaban J connectivity index is 1.09. The van der Waals surface area contributed by atoms with E-state index in [2.05, 4.69) is 66.4 Å². The smallest absolute Gasteiger partial charge is 0.367 e. The minimum absolute atomic E-state index is 0.138. The minimum atomic E-state index is -4.27. The zero-order chi connectivity index (χ0) is 35.8. The molecule has 2 fully saturated rings. The first-order valence-electron chi connectivity index (χ1n) is 17.3. The first-order valence-corrected chi connectivity index (χ1v) is 19.7. The van der Waals surface area contributed by atoms with E-state index in [0.717, 1.165) is 60.3 Å². The Hall–Kier alpha value is -3.29. The number of hydrogen-bond donors (Lipinski definition) is 2. The van der Waals surface area contributed by atoms with Gasteiger partial charge in [0.2, 0.25) is 10.0 Å². The van der Waals surface area contributed by atoms with Crippen molar-refractivity contribution < 1.29 is 21.6 Å². The van der Waals surface area contributed by atoms with Crippen molar-refractivity contribution in [2.45, 2.75) is 95.9 Å². The number of nitrogens with one attached hydrogen (secondary N) is 2. The molecule has 2 N–H and O–H groups in total. The molecule has 0 amide bonds. The quantitative estimate of drug-likeness (QED) is 0.194. The Labute approximate surface area is 295 Å². The molecule has 0 bridgehead atoms. The van der Waals surface area contributed by atoms with Crippen LogP contribution in [0.15, 0.2) is 24.3 Å². The molecular weight excluding hydrogens is 686 g/mol. The molecule has 2 aliphatic rings. The molecule has 2 saturated heterocycles. The molecule has 4 aromatic rings. The lowest BCUT2D eigenvalue weighted by Gasteiger charge is -2.36. The van der Waals surface area contributed by atoms with E-state index in [0.29, 0.717) is 66.4 Å². The molecule has 0 saturated carbocycles. The number of nitriles is 1. The summed E-state index contributed by atoms with van der Waals surface area (Å²) in [5.41, 5.74) is 4.02. The van der Waals surface area contributed by atoms with Crippen LogP contribution >= 0.6 is 11.3 Å². The normalized spacial score (nSPS) is 18.2. The average Bonchev–Trinajstić information content (AvgIpc) is 3.66. The summed E-state index contributed by atoms with van der Waals surface area (Å²) < 4.78 is 68.4. The molecule has 0 radical (unpaired) electrons. The number of hydrogen-bond acceptors (Lipinski definition) is 9. The second kappa shape index (κ2) is 14.7. The monoisotopic (exact) mass is 730 g/mol. The first kappa shape index (κ1) is 36.5. The van der Waals surface area contributed by atoms with Crippen molar-refractivity contribution in [3.8, 4) is 6.07 Å². The van der Waals surface area contributed by atoms with Gasteiger partial charge in [-0.05, 0) is 89.0 Å². The zero-order valence-electron chi connectivity index (χ0n) is 29.0. The van der Waals surface area contributed by atoms with Gasteiger partial charge >= 0.3 is 6.18 Å². The third-order valence-corrected chi connectivity index (χ3v) is 13.3. The lowest BCUT2D eigenvalue weighted by atomic mass is 10.0. The fourth-order valence-electron chi connectivity index (χ4n) is 7.39. The van der Waals surface area contributed by atoms with Crippen molar-refractivity contribution >= 4 is 48.3 Å². The number of fused-ring (bicyclic) bond motifs is 2. The molecule has 1 atom stereocenters. The molecule has 0 aliphatic carbocycles. The molecular formula is C35H45F3N8O2S2. The lowest BCUT2D eigenvalue weighted by Crippen LogP contribution is -2.46. The standard InChI is InChI=1S/C35H45F3N8O2S2/c1-5-32-42-33(30-17-27(18-35(36,37)38)49-34(30)43-32)41-25-8-12-44(13-9-25)21-24-6-7-31-29(23(24)3)16-26(19-39)46(31)20-22(2)45-14-10-28(11-15-45)50(47,48)40-4/h6-7,16-17,22,25,28,40H,5,8-15,18,20-21H2,1-4H3,(H,41,42,43)/t22-/m0/s1. The maximum Gasteiger partial charge on any atom is 0.393 e. The third kappa shape index (κ3) is 7.94. The highest BCUT2D eigenvalue weighted by Crippen LogP contribution is 2.34. The van der Waals surface area contributed by atoms with E-state index in [1.807, 2.05) is 13.0 Å². The van der Waals surface area contributed by atoms with Gasteiger partial charge in [-0.1, -0.05) is 13.0 Å². The van der Waals surface area contributed by atoms with Gasteiger partial charge in [-0.25, -0.2) is 23.1 Å². The summed E-state index contributed by atoms with van der Waals surface area (Å²) >= 11 is 1.09. The van der Waals surface area contributed by atoms with Crippen LogP contribution < -0.4 is 10.0 Å². The number of anilines is 1. The van der Waals surface area contributed by atoms with Crippen LogP contribution in [0.3, 0.4) is 0 Å². The number of aromatic nitrogens is 3. The molecule has 50 heavy (non-hydrogen) atoms. The number of sulfonamides is 1. The molecule has 6 rings (SSSR count). The number of aryl methyl sites for hydroxylation is 2. The number of likely N-dealkylation sites (tertiary alicyclic amines) is 2. The molecule has 2 aliphatic heterocycles. The molecule has 15 heteroatoms. The highest BCUT2D eigenvalue weighted by Gasteiger charge is 2.32. The Morgan fingerprint density at radius 2 is 1.80 bits per heavy atom. The van der Waals surface area contributed by atoms with Crippen LogP contribution in [0.25, 0.3) is 21.1 Å². The van der Waals surface area contributed by atoms with Gasteiger partial charge in [0.15, 0.2) is 0 Å². The predicted molar refractivity (Wildman–Crippen MR) is 192 cm³/mol. The highest BCUT2D eigenvalue weighted by atomic mass is 32.2. The van der Waals surface area contributed by atoms with Crippen LogP contribution in [0.1, 0.15) is 67.1 Å². The fraction of sp³-hybridized carbons (Fsp3) is 0.571. The number of halogens is 3. The van der Waals surface area contributed by atoms with E-state index in [1.165, 1.54) is 12.6 Å². The summed E-state index contributed by atoms with van der Waals surface area (Å²) in [5, 5.41) is 15.0. The number of nitrogens with zero attached hydrogens (tertiary/aromatic N) is 6. The second-order valence-electron chi connectivity index (χ2n) is 13.6. The zero-order valence-corrected chi connectivity index (χ0v) is 30.6. The van der Waals surface area contributed by atoms with Crippen LogP contribution in [0.5, 0.6) is 0 Å². The SMILES string of the molecule is CCc1nc(NC2CCN(Cc3ccc4c(cc(C#N)n4C[C@H](C)N4CCC(S(=O)(=O)NC)CC4)c3C)CC2)c2cc(CC(F)(F)F)sc2n1. The largest absolute Gasteiger partial charge is 0.393 e. The second-order valence-corrected chi connectivity index (χ2v) is 16.9. The summed E-state index contributed by atoms with van der Waals surface area (Å²) in [6.07, 6.45) is -1.71. The van der Waals surface area contributed by atoms with E-state index < -0.39 is 22.6 Å². The summed E-state index contributed by atoms with van der Waals surface area (Å²) in [6.45, 7) is 10.7. The maximum absolute atomic E-state index is 13.1. The number of piperidine rings is 2. The Kier molecular flexibility index (Phi) is 10.8. The van der Waals surface area contributed by atoms with E-state index in [1.54, 1.807) is 6.07 Å². The van der Waals surface area contributed by atoms with Crippen molar-refractivity contribution in [3.05, 3.63) is 51.8 Å². The van der Waals surface area contributed by atoms with E-state index in [-0.39, 0.29) is 22.2 Å². The highest BCUT2D eigenvalue weighted by molar-refractivity contribution is 7.90. The minimum Gasteiger partial charge on any atom is -0.367 e. The summed E-state index contributed by atoms with van der Waals surface area (Å²) in [6, 6.07) is 10.5.